The fraction of sp³-hybridized carbons (Fsp3) is 0.348. The van der Waals surface area contributed by atoms with Crippen molar-refractivity contribution in [3.05, 3.63) is 65.2 Å². The lowest BCUT2D eigenvalue weighted by Gasteiger charge is -2.33. The van der Waals surface area contributed by atoms with Crippen LogP contribution in [0.15, 0.2) is 48.5 Å². The maximum Gasteiger partial charge on any atom is 0.325 e. The summed E-state index contributed by atoms with van der Waals surface area (Å²) in [7, 11) is -3.43. The highest BCUT2D eigenvalue weighted by Crippen LogP contribution is 2.39. The lowest BCUT2D eigenvalue weighted by molar-refractivity contribution is -0.131. The van der Waals surface area contributed by atoms with Crippen molar-refractivity contribution >= 4 is 33.4 Å². The molecule has 168 valence electrons. The molecule has 1 saturated heterocycles. The molecule has 9 heteroatoms. The van der Waals surface area contributed by atoms with Crippen LogP contribution in [-0.4, -0.2) is 50.4 Å². The quantitative estimate of drug-likeness (QED) is 0.532. The van der Waals surface area contributed by atoms with Gasteiger partial charge in [-0.05, 0) is 61.6 Å². The van der Waals surface area contributed by atoms with E-state index in [4.69, 9.17) is 0 Å². The number of nitrogens with one attached hydrogen (secondary N) is 1. The van der Waals surface area contributed by atoms with Crippen LogP contribution in [0.5, 0.6) is 0 Å². The van der Waals surface area contributed by atoms with Gasteiger partial charge in [0.05, 0.1) is 18.5 Å². The Morgan fingerprint density at radius 2 is 1.81 bits per heavy atom. The van der Waals surface area contributed by atoms with Crippen LogP contribution in [0.3, 0.4) is 0 Å². The number of ketones is 1. The molecule has 0 saturated carbocycles. The predicted molar refractivity (Wildman–Crippen MR) is 120 cm³/mol. The fourth-order valence-electron chi connectivity index (χ4n) is 4.61. The molecule has 1 spiro atoms. The van der Waals surface area contributed by atoms with Gasteiger partial charge in [-0.15, -0.1) is 0 Å². The Bertz CT molecular complexity index is 1190. The normalized spacial score (nSPS) is 20.2. The smallest absolute Gasteiger partial charge is 0.319 e. The third-order valence-electron chi connectivity index (χ3n) is 6.12. The molecule has 0 unspecified atom stereocenters. The Kier molecular flexibility index (Phi) is 5.54. The summed E-state index contributed by atoms with van der Waals surface area (Å²) >= 11 is 0. The minimum atomic E-state index is -3.43. The number of Topliss-reactive ketones (excluding diaryl/α,β-unsaturated/α-hetero) is 1. The SMILES string of the molecule is CCN(c1ccc(C(=O)CN2C(=O)N[C@@]3(CCCc4ccccc43)C2=O)cc1)S(C)(=O)=O. The second kappa shape index (κ2) is 8.05. The first-order valence-electron chi connectivity index (χ1n) is 10.5. The lowest BCUT2D eigenvalue weighted by Crippen LogP contribution is -2.46. The van der Waals surface area contributed by atoms with Gasteiger partial charge in [-0.25, -0.2) is 13.2 Å². The second-order valence-electron chi connectivity index (χ2n) is 8.14. The first-order valence-corrected chi connectivity index (χ1v) is 12.4. The van der Waals surface area contributed by atoms with Crippen LogP contribution in [0.1, 0.15) is 41.3 Å². The van der Waals surface area contributed by atoms with E-state index in [9.17, 15) is 22.8 Å². The van der Waals surface area contributed by atoms with Crippen molar-refractivity contribution in [2.24, 2.45) is 0 Å². The van der Waals surface area contributed by atoms with Gasteiger partial charge in [0.1, 0.15) is 5.54 Å². The van der Waals surface area contributed by atoms with Gasteiger partial charge in [0, 0.05) is 12.1 Å². The average molecular weight is 456 g/mol. The highest BCUT2D eigenvalue weighted by Gasteiger charge is 2.54. The third-order valence-corrected chi connectivity index (χ3v) is 7.39. The molecule has 2 aromatic carbocycles. The van der Waals surface area contributed by atoms with Crippen LogP contribution in [0.2, 0.25) is 0 Å². The van der Waals surface area contributed by atoms with E-state index in [1.54, 1.807) is 19.1 Å². The van der Waals surface area contributed by atoms with Crippen molar-refractivity contribution in [3.63, 3.8) is 0 Å². The molecule has 0 aromatic heterocycles. The van der Waals surface area contributed by atoms with E-state index in [-0.39, 0.29) is 13.1 Å². The molecular formula is C23H25N3O5S. The molecule has 8 nitrogen and oxygen atoms in total. The molecule has 1 aliphatic carbocycles. The number of rotatable bonds is 6. The Morgan fingerprint density at radius 3 is 2.47 bits per heavy atom. The topological polar surface area (TPSA) is 104 Å². The van der Waals surface area contributed by atoms with Crippen molar-refractivity contribution in [1.29, 1.82) is 0 Å². The first kappa shape index (κ1) is 22.0. The molecule has 32 heavy (non-hydrogen) atoms. The minimum Gasteiger partial charge on any atom is -0.319 e. The van der Waals surface area contributed by atoms with Gasteiger partial charge >= 0.3 is 6.03 Å². The number of amides is 3. The Balaban J connectivity index is 1.55. The molecule has 2 aromatic rings. The molecule has 0 radical (unpaired) electrons. The highest BCUT2D eigenvalue weighted by molar-refractivity contribution is 7.92. The van der Waals surface area contributed by atoms with E-state index in [0.29, 0.717) is 17.7 Å². The average Bonchev–Trinajstić information content (AvgIpc) is 2.99. The minimum absolute atomic E-state index is 0.262. The van der Waals surface area contributed by atoms with Crippen molar-refractivity contribution < 1.29 is 22.8 Å². The number of carbonyl (C=O) groups excluding carboxylic acids is 3. The van der Waals surface area contributed by atoms with Crippen LogP contribution >= 0.6 is 0 Å². The number of aryl methyl sites for hydroxylation is 1. The maximum atomic E-state index is 13.3. The molecule has 1 fully saturated rings. The standard InChI is InChI=1S/C23H25N3O5S/c1-3-26(32(2,30)31)18-12-10-17(11-13-18)20(27)15-25-21(28)23(24-22(25)29)14-6-8-16-7-4-5-9-19(16)23/h4-5,7,9-13H,3,6,8,14-15H2,1-2H3,(H,24,29)/t23-/m1/s1. The highest BCUT2D eigenvalue weighted by atomic mass is 32.2. The Labute approximate surface area is 187 Å². The largest absolute Gasteiger partial charge is 0.325 e. The monoisotopic (exact) mass is 455 g/mol. The summed E-state index contributed by atoms with van der Waals surface area (Å²) in [5.41, 5.74) is 1.45. The molecule has 1 atom stereocenters. The molecule has 0 bridgehead atoms. The summed E-state index contributed by atoms with van der Waals surface area (Å²) in [5.74, 6) is -0.808. The lowest BCUT2D eigenvalue weighted by atomic mass is 9.76. The van der Waals surface area contributed by atoms with Gasteiger partial charge in [0.15, 0.2) is 5.78 Å². The van der Waals surface area contributed by atoms with Crippen molar-refractivity contribution in [2.45, 2.75) is 31.7 Å². The number of urea groups is 1. The number of nitrogens with zero attached hydrogens (tertiary/aromatic N) is 2. The van der Waals surface area contributed by atoms with E-state index < -0.39 is 33.3 Å². The van der Waals surface area contributed by atoms with Crippen LogP contribution in [0.4, 0.5) is 10.5 Å². The summed E-state index contributed by atoms with van der Waals surface area (Å²) < 4.78 is 25.0. The van der Waals surface area contributed by atoms with Gasteiger partial charge in [-0.2, -0.15) is 0 Å². The summed E-state index contributed by atoms with van der Waals surface area (Å²) in [6.45, 7) is 1.60. The van der Waals surface area contributed by atoms with Gasteiger partial charge in [-0.3, -0.25) is 18.8 Å². The number of imide groups is 1. The zero-order chi connectivity index (χ0) is 23.1. The fourth-order valence-corrected chi connectivity index (χ4v) is 5.59. The van der Waals surface area contributed by atoms with Gasteiger partial charge in [0.2, 0.25) is 10.0 Å². The van der Waals surface area contributed by atoms with Crippen molar-refractivity contribution in [1.82, 2.24) is 10.2 Å². The number of benzene rings is 2. The van der Waals surface area contributed by atoms with Crippen molar-refractivity contribution in [3.8, 4) is 0 Å². The Hall–Kier alpha value is -3.20. The Morgan fingerprint density at radius 1 is 1.12 bits per heavy atom. The van der Waals surface area contributed by atoms with Gasteiger partial charge in [-0.1, -0.05) is 24.3 Å². The van der Waals surface area contributed by atoms with Crippen LogP contribution < -0.4 is 9.62 Å². The molecule has 1 aliphatic heterocycles. The van der Waals surface area contributed by atoms with E-state index in [2.05, 4.69) is 5.32 Å². The molecule has 2 aliphatic rings. The summed E-state index contributed by atoms with van der Waals surface area (Å²) in [5, 5.41) is 2.84. The van der Waals surface area contributed by atoms with Crippen molar-refractivity contribution in [2.75, 3.05) is 23.7 Å². The number of sulfonamides is 1. The van der Waals surface area contributed by atoms with Crippen LogP contribution in [0, 0.1) is 0 Å². The van der Waals surface area contributed by atoms with Crippen LogP contribution in [-0.2, 0) is 26.8 Å². The summed E-state index contributed by atoms with van der Waals surface area (Å²) in [6, 6.07) is 13.1. The zero-order valence-electron chi connectivity index (χ0n) is 18.0. The van der Waals surface area contributed by atoms with Gasteiger partial charge in [0.25, 0.3) is 5.91 Å². The van der Waals surface area contributed by atoms with E-state index >= 15 is 0 Å². The molecule has 4 rings (SSSR count). The molecule has 1 N–H and O–H groups in total. The van der Waals surface area contributed by atoms with E-state index in [0.717, 1.165) is 35.1 Å². The maximum absolute atomic E-state index is 13.3. The zero-order valence-corrected chi connectivity index (χ0v) is 18.8. The van der Waals surface area contributed by atoms with Crippen LogP contribution in [0.25, 0.3) is 0 Å². The van der Waals surface area contributed by atoms with E-state index in [1.165, 1.54) is 16.4 Å². The number of hydrogen-bond donors (Lipinski definition) is 1. The second-order valence-corrected chi connectivity index (χ2v) is 10.0. The third kappa shape index (κ3) is 3.66. The number of carbonyl (C=O) groups is 3. The predicted octanol–water partition coefficient (Wildman–Crippen LogP) is 2.44. The molecule has 3 amide bonds. The first-order chi connectivity index (χ1) is 15.2. The number of anilines is 1. The molecule has 1 heterocycles. The van der Waals surface area contributed by atoms with Gasteiger partial charge < -0.3 is 5.32 Å². The summed E-state index contributed by atoms with van der Waals surface area (Å²) in [4.78, 5) is 39.9. The number of fused-ring (bicyclic) bond motifs is 2. The molecular weight excluding hydrogens is 430 g/mol. The van der Waals surface area contributed by atoms with E-state index in [1.807, 2.05) is 24.3 Å². The number of hydrogen-bond acceptors (Lipinski definition) is 5. The summed E-state index contributed by atoms with van der Waals surface area (Å²) in [6.07, 6.45) is 3.22.